The third-order valence-corrected chi connectivity index (χ3v) is 5.20. The molecule has 0 spiro atoms. The summed E-state index contributed by atoms with van der Waals surface area (Å²) < 4.78 is 8.45. The Hall–Kier alpha value is -4.22. The monoisotopic (exact) mass is 458 g/mol. The van der Waals surface area contributed by atoms with Crippen LogP contribution in [0, 0.1) is 18.3 Å². The van der Waals surface area contributed by atoms with Crippen LogP contribution in [0.2, 0.25) is 0 Å². The van der Waals surface area contributed by atoms with Crippen molar-refractivity contribution in [2.45, 2.75) is 26.8 Å². The van der Waals surface area contributed by atoms with E-state index in [-0.39, 0.29) is 30.4 Å². The highest BCUT2D eigenvalue weighted by Crippen LogP contribution is 2.20. The number of benzene rings is 2. The number of rotatable bonds is 7. The Morgan fingerprint density at radius 2 is 1.82 bits per heavy atom. The van der Waals surface area contributed by atoms with Crippen LogP contribution in [0.1, 0.15) is 30.0 Å². The third kappa shape index (κ3) is 5.57. The SMILES string of the molecule is CC(=C/c1ccccc1)/C(=N\c1c(C)c(=O)n(CCCO)c(=O)n1C)Oc1ccc(C#N)cc1. The molecule has 1 aromatic heterocycles. The lowest BCUT2D eigenvalue weighted by Crippen LogP contribution is -2.40. The van der Waals surface area contributed by atoms with Gasteiger partial charge in [-0.15, -0.1) is 0 Å². The zero-order chi connectivity index (χ0) is 24.7. The van der Waals surface area contributed by atoms with E-state index in [0.717, 1.165) is 10.1 Å². The predicted octanol–water partition coefficient (Wildman–Crippen LogP) is 3.32. The molecule has 0 amide bonds. The highest BCUT2D eigenvalue weighted by molar-refractivity contribution is 6.00. The molecule has 8 nitrogen and oxygen atoms in total. The van der Waals surface area contributed by atoms with Gasteiger partial charge in [0.2, 0.25) is 5.90 Å². The van der Waals surface area contributed by atoms with Gasteiger partial charge in [-0.05, 0) is 56.2 Å². The molecule has 0 radical (unpaired) electrons. The quantitative estimate of drug-likeness (QED) is 0.431. The summed E-state index contributed by atoms with van der Waals surface area (Å²) in [5.41, 5.74) is 1.40. The molecule has 0 aliphatic carbocycles. The second-order valence-electron chi connectivity index (χ2n) is 7.72. The highest BCUT2D eigenvalue weighted by Gasteiger charge is 2.16. The van der Waals surface area contributed by atoms with Crippen molar-refractivity contribution >= 4 is 17.8 Å². The summed E-state index contributed by atoms with van der Waals surface area (Å²) in [6.07, 6.45) is 2.18. The average Bonchev–Trinajstić information content (AvgIpc) is 2.85. The molecule has 3 aromatic rings. The molecule has 1 heterocycles. The van der Waals surface area contributed by atoms with Crippen molar-refractivity contribution in [2.75, 3.05) is 6.61 Å². The molecule has 34 heavy (non-hydrogen) atoms. The zero-order valence-corrected chi connectivity index (χ0v) is 19.4. The molecule has 8 heteroatoms. The van der Waals surface area contributed by atoms with Crippen LogP contribution in [0.25, 0.3) is 6.08 Å². The lowest BCUT2D eigenvalue weighted by Gasteiger charge is -2.14. The van der Waals surface area contributed by atoms with Crippen molar-refractivity contribution in [3.05, 3.63) is 97.7 Å². The number of hydrogen-bond acceptors (Lipinski definition) is 6. The van der Waals surface area contributed by atoms with E-state index in [0.29, 0.717) is 23.3 Å². The van der Waals surface area contributed by atoms with E-state index in [4.69, 9.17) is 15.1 Å². The molecule has 0 aliphatic rings. The number of aliphatic hydroxyl groups excluding tert-OH is 1. The fourth-order valence-electron chi connectivity index (χ4n) is 3.35. The van der Waals surface area contributed by atoms with Gasteiger partial charge in [0.15, 0.2) is 0 Å². The zero-order valence-electron chi connectivity index (χ0n) is 19.4. The molecular weight excluding hydrogens is 432 g/mol. The van der Waals surface area contributed by atoms with Crippen molar-refractivity contribution in [1.82, 2.24) is 9.13 Å². The van der Waals surface area contributed by atoms with E-state index in [1.165, 1.54) is 4.57 Å². The van der Waals surface area contributed by atoms with Crippen LogP contribution >= 0.6 is 0 Å². The summed E-state index contributed by atoms with van der Waals surface area (Å²) in [7, 11) is 1.54. The largest absolute Gasteiger partial charge is 0.439 e. The minimum absolute atomic E-state index is 0.119. The van der Waals surface area contributed by atoms with E-state index >= 15 is 0 Å². The second kappa shape index (κ2) is 11.1. The van der Waals surface area contributed by atoms with Crippen LogP contribution in [-0.2, 0) is 13.6 Å². The molecule has 174 valence electrons. The van der Waals surface area contributed by atoms with Crippen molar-refractivity contribution in [1.29, 1.82) is 5.26 Å². The van der Waals surface area contributed by atoms with E-state index in [2.05, 4.69) is 11.1 Å². The van der Waals surface area contributed by atoms with Gasteiger partial charge in [0.25, 0.3) is 5.56 Å². The minimum Gasteiger partial charge on any atom is -0.439 e. The lowest BCUT2D eigenvalue weighted by atomic mass is 10.1. The smallest absolute Gasteiger partial charge is 0.332 e. The van der Waals surface area contributed by atoms with E-state index < -0.39 is 11.2 Å². The maximum Gasteiger partial charge on any atom is 0.332 e. The van der Waals surface area contributed by atoms with Crippen molar-refractivity contribution < 1.29 is 9.84 Å². The Labute approximate surface area is 197 Å². The van der Waals surface area contributed by atoms with Crippen LogP contribution in [-0.4, -0.2) is 26.7 Å². The molecule has 0 atom stereocenters. The fourth-order valence-corrected chi connectivity index (χ4v) is 3.35. The van der Waals surface area contributed by atoms with Gasteiger partial charge < -0.3 is 9.84 Å². The van der Waals surface area contributed by atoms with Gasteiger partial charge in [-0.2, -0.15) is 10.3 Å². The highest BCUT2D eigenvalue weighted by atomic mass is 16.5. The molecule has 0 bridgehead atoms. The number of nitriles is 1. The summed E-state index contributed by atoms with van der Waals surface area (Å²) in [5.74, 6) is 0.844. The number of aliphatic imine (C=N–C) groups is 1. The standard InChI is InChI=1S/C26H26N4O4/c1-18(16-20-8-5-4-6-9-20)24(34-22-12-10-21(17-27)11-13-22)28-23-19(2)25(32)30(14-7-15-31)26(33)29(23)3/h4-6,8-13,16,31H,7,14-15H2,1-3H3/b18-16-,28-24+. The van der Waals surface area contributed by atoms with Gasteiger partial charge in [0, 0.05) is 25.8 Å². The molecule has 0 saturated carbocycles. The molecule has 0 unspecified atom stereocenters. The average molecular weight is 459 g/mol. The second-order valence-corrected chi connectivity index (χ2v) is 7.72. The maximum atomic E-state index is 12.9. The molecule has 0 saturated heterocycles. The Balaban J connectivity index is 2.14. The Bertz CT molecular complexity index is 1340. The summed E-state index contributed by atoms with van der Waals surface area (Å²) in [5, 5.41) is 18.1. The summed E-state index contributed by atoms with van der Waals surface area (Å²) in [4.78, 5) is 30.3. The van der Waals surface area contributed by atoms with Crippen molar-refractivity contribution in [3.63, 3.8) is 0 Å². The first kappa shape index (κ1) is 24.4. The molecule has 0 aliphatic heterocycles. The predicted molar refractivity (Wildman–Crippen MR) is 131 cm³/mol. The Morgan fingerprint density at radius 1 is 1.15 bits per heavy atom. The first-order valence-corrected chi connectivity index (χ1v) is 10.8. The van der Waals surface area contributed by atoms with Crippen LogP contribution in [0.3, 0.4) is 0 Å². The summed E-state index contributed by atoms with van der Waals surface area (Å²) in [6, 6.07) is 18.3. The first-order chi connectivity index (χ1) is 16.3. The maximum absolute atomic E-state index is 12.9. The number of ether oxygens (including phenoxy) is 1. The van der Waals surface area contributed by atoms with Gasteiger partial charge in [-0.1, -0.05) is 30.3 Å². The van der Waals surface area contributed by atoms with Gasteiger partial charge >= 0.3 is 5.69 Å². The van der Waals surface area contributed by atoms with Gasteiger partial charge in [-0.25, -0.2) is 4.79 Å². The Morgan fingerprint density at radius 3 is 2.44 bits per heavy atom. The van der Waals surface area contributed by atoms with Crippen LogP contribution in [0.5, 0.6) is 5.75 Å². The fraction of sp³-hybridized carbons (Fsp3) is 0.231. The number of nitrogens with zero attached hydrogens (tertiary/aromatic N) is 4. The van der Waals surface area contributed by atoms with Crippen LogP contribution in [0.15, 0.2) is 74.8 Å². The summed E-state index contributed by atoms with van der Waals surface area (Å²) >= 11 is 0. The number of aromatic nitrogens is 2. The normalized spacial score (nSPS) is 11.9. The molecule has 2 aromatic carbocycles. The minimum atomic E-state index is -0.523. The van der Waals surface area contributed by atoms with Crippen LogP contribution in [0.4, 0.5) is 5.82 Å². The first-order valence-electron chi connectivity index (χ1n) is 10.8. The van der Waals surface area contributed by atoms with E-state index in [9.17, 15) is 9.59 Å². The van der Waals surface area contributed by atoms with Crippen LogP contribution < -0.4 is 16.0 Å². The summed E-state index contributed by atoms with van der Waals surface area (Å²) in [6.45, 7) is 3.42. The van der Waals surface area contributed by atoms with E-state index in [1.807, 2.05) is 43.3 Å². The molecule has 1 N–H and O–H groups in total. The lowest BCUT2D eigenvalue weighted by molar-refractivity contribution is 0.277. The van der Waals surface area contributed by atoms with Crippen molar-refractivity contribution in [2.24, 2.45) is 12.0 Å². The number of aliphatic hydroxyl groups is 1. The topological polar surface area (TPSA) is 110 Å². The third-order valence-electron chi connectivity index (χ3n) is 5.20. The molecule has 3 rings (SSSR count). The number of hydrogen-bond donors (Lipinski definition) is 1. The van der Waals surface area contributed by atoms with Gasteiger partial charge in [-0.3, -0.25) is 13.9 Å². The molecule has 0 fully saturated rings. The Kier molecular flexibility index (Phi) is 7.96. The van der Waals surface area contributed by atoms with E-state index in [1.54, 1.807) is 38.2 Å². The molecular formula is C26H26N4O4. The van der Waals surface area contributed by atoms with Gasteiger partial charge in [0.05, 0.1) is 17.2 Å². The van der Waals surface area contributed by atoms with Crippen molar-refractivity contribution in [3.8, 4) is 11.8 Å². The van der Waals surface area contributed by atoms with Gasteiger partial charge in [0.1, 0.15) is 11.6 Å².